The zero-order chi connectivity index (χ0) is 19.1. The van der Waals surface area contributed by atoms with E-state index in [1.165, 1.54) is 0 Å². The maximum Gasteiger partial charge on any atom is 0.243 e. The van der Waals surface area contributed by atoms with Crippen molar-refractivity contribution in [2.45, 2.75) is 50.0 Å². The van der Waals surface area contributed by atoms with Crippen molar-refractivity contribution in [1.29, 1.82) is 0 Å². The van der Waals surface area contributed by atoms with Crippen molar-refractivity contribution in [3.8, 4) is 0 Å². The van der Waals surface area contributed by atoms with Crippen molar-refractivity contribution in [1.82, 2.24) is 14.1 Å². The van der Waals surface area contributed by atoms with E-state index < -0.39 is 10.0 Å². The summed E-state index contributed by atoms with van der Waals surface area (Å²) < 4.78 is 28.9. The summed E-state index contributed by atoms with van der Waals surface area (Å²) in [5, 5.41) is 6.91. The third-order valence-electron chi connectivity index (χ3n) is 4.69. The molecule has 0 bridgehead atoms. The second-order valence-electron chi connectivity index (χ2n) is 6.76. The Morgan fingerprint density at radius 3 is 2.41 bits per heavy atom. The molecule has 0 aliphatic carbocycles. The Morgan fingerprint density at radius 1 is 1.07 bits per heavy atom. The molecule has 1 N–H and O–H groups in total. The minimum atomic E-state index is -3.46. The van der Waals surface area contributed by atoms with Gasteiger partial charge in [-0.3, -0.25) is 9.48 Å². The molecular formula is C19H26N4O3S. The highest BCUT2D eigenvalue weighted by molar-refractivity contribution is 7.89. The molecule has 3 rings (SSSR count). The predicted molar refractivity (Wildman–Crippen MR) is 104 cm³/mol. The number of benzene rings is 1. The van der Waals surface area contributed by atoms with Gasteiger partial charge in [0.25, 0.3) is 0 Å². The summed E-state index contributed by atoms with van der Waals surface area (Å²) in [5.74, 6) is -0.0923. The molecule has 0 radical (unpaired) electrons. The minimum Gasteiger partial charge on any atom is -0.326 e. The Balaban J connectivity index is 1.53. The van der Waals surface area contributed by atoms with Gasteiger partial charge in [0.1, 0.15) is 0 Å². The zero-order valence-corrected chi connectivity index (χ0v) is 16.2. The highest BCUT2D eigenvalue weighted by Gasteiger charge is 2.24. The average Bonchev–Trinajstić information content (AvgIpc) is 3.01. The molecule has 27 heavy (non-hydrogen) atoms. The molecule has 1 aromatic heterocycles. The Labute approximate surface area is 160 Å². The van der Waals surface area contributed by atoms with E-state index in [0.717, 1.165) is 25.7 Å². The Morgan fingerprint density at radius 2 is 1.78 bits per heavy atom. The van der Waals surface area contributed by atoms with E-state index in [4.69, 9.17) is 0 Å². The third kappa shape index (κ3) is 5.40. The molecule has 1 amide bonds. The first-order valence-corrected chi connectivity index (χ1v) is 10.9. The molecule has 7 nitrogen and oxygen atoms in total. The van der Waals surface area contributed by atoms with E-state index in [1.807, 2.05) is 12.3 Å². The quantitative estimate of drug-likeness (QED) is 0.788. The maximum atomic E-state index is 12.8. The van der Waals surface area contributed by atoms with Crippen LogP contribution in [0, 0.1) is 0 Å². The fraction of sp³-hybridized carbons (Fsp3) is 0.474. The van der Waals surface area contributed by atoms with Gasteiger partial charge in [-0.05, 0) is 49.6 Å². The van der Waals surface area contributed by atoms with Crippen LogP contribution in [-0.4, -0.2) is 41.5 Å². The zero-order valence-electron chi connectivity index (χ0n) is 15.4. The lowest BCUT2D eigenvalue weighted by molar-refractivity contribution is -0.116. The first kappa shape index (κ1) is 19.6. The number of amides is 1. The van der Waals surface area contributed by atoms with Crippen LogP contribution in [0.1, 0.15) is 38.5 Å². The molecule has 146 valence electrons. The number of aryl methyl sites for hydroxylation is 1. The van der Waals surface area contributed by atoms with E-state index in [-0.39, 0.29) is 10.8 Å². The Kier molecular flexibility index (Phi) is 6.63. The van der Waals surface area contributed by atoms with Gasteiger partial charge < -0.3 is 5.32 Å². The smallest absolute Gasteiger partial charge is 0.243 e. The van der Waals surface area contributed by atoms with Gasteiger partial charge in [-0.2, -0.15) is 9.40 Å². The monoisotopic (exact) mass is 390 g/mol. The number of carbonyl (C=O) groups excluding carboxylic acids is 1. The number of anilines is 1. The number of nitrogens with zero attached hydrogens (tertiary/aromatic N) is 3. The molecule has 2 heterocycles. The summed E-state index contributed by atoms with van der Waals surface area (Å²) in [7, 11) is -3.46. The van der Waals surface area contributed by atoms with Crippen molar-refractivity contribution in [2.24, 2.45) is 0 Å². The van der Waals surface area contributed by atoms with Gasteiger partial charge in [0.2, 0.25) is 15.9 Å². The SMILES string of the molecule is O=C(CCCn1cccn1)Nc1ccc(S(=O)(=O)N2CCCCCC2)cc1. The maximum absolute atomic E-state index is 12.8. The normalized spacial score (nSPS) is 16.0. The van der Waals surface area contributed by atoms with Crippen molar-refractivity contribution in [3.63, 3.8) is 0 Å². The second-order valence-corrected chi connectivity index (χ2v) is 8.70. The highest BCUT2D eigenvalue weighted by Crippen LogP contribution is 2.21. The van der Waals surface area contributed by atoms with Gasteiger partial charge in [0.05, 0.1) is 4.90 Å². The summed E-state index contributed by atoms with van der Waals surface area (Å²) in [5.41, 5.74) is 0.605. The van der Waals surface area contributed by atoms with Crippen LogP contribution in [0.4, 0.5) is 5.69 Å². The van der Waals surface area contributed by atoms with Crippen LogP contribution in [-0.2, 0) is 21.4 Å². The number of rotatable bonds is 7. The number of carbonyl (C=O) groups is 1. The molecule has 8 heteroatoms. The van der Waals surface area contributed by atoms with Crippen LogP contribution < -0.4 is 5.32 Å². The number of hydrogen-bond acceptors (Lipinski definition) is 4. The van der Waals surface area contributed by atoms with Gasteiger partial charge in [-0.1, -0.05) is 12.8 Å². The standard InChI is InChI=1S/C19H26N4O3S/c24-19(7-5-13-22-14-6-12-20-22)21-17-8-10-18(11-9-17)27(25,26)23-15-3-1-2-4-16-23/h6,8-12,14H,1-5,7,13,15-16H2,(H,21,24). The molecule has 0 unspecified atom stereocenters. The van der Waals surface area contributed by atoms with Gasteiger partial charge in [0.15, 0.2) is 0 Å². The molecular weight excluding hydrogens is 364 g/mol. The van der Waals surface area contributed by atoms with Gasteiger partial charge >= 0.3 is 0 Å². The van der Waals surface area contributed by atoms with E-state index >= 15 is 0 Å². The number of sulfonamides is 1. The third-order valence-corrected chi connectivity index (χ3v) is 6.60. The lowest BCUT2D eigenvalue weighted by atomic mass is 10.2. The van der Waals surface area contributed by atoms with E-state index in [2.05, 4.69) is 10.4 Å². The second kappa shape index (κ2) is 9.14. The van der Waals surface area contributed by atoms with E-state index in [9.17, 15) is 13.2 Å². The summed E-state index contributed by atoms with van der Waals surface area (Å²) in [6.07, 6.45) is 8.62. The number of nitrogens with one attached hydrogen (secondary N) is 1. The van der Waals surface area contributed by atoms with Crippen molar-refractivity contribution < 1.29 is 13.2 Å². The highest BCUT2D eigenvalue weighted by atomic mass is 32.2. The summed E-state index contributed by atoms with van der Waals surface area (Å²) in [6, 6.07) is 8.28. The molecule has 2 aromatic rings. The molecule has 0 atom stereocenters. The molecule has 1 aliphatic heterocycles. The average molecular weight is 391 g/mol. The van der Waals surface area contributed by atoms with Crippen LogP contribution in [0.2, 0.25) is 0 Å². The Bertz CT molecular complexity index is 824. The van der Waals surface area contributed by atoms with Crippen LogP contribution in [0.25, 0.3) is 0 Å². The van der Waals surface area contributed by atoms with Crippen LogP contribution in [0.5, 0.6) is 0 Å². The van der Waals surface area contributed by atoms with Crippen LogP contribution >= 0.6 is 0 Å². The summed E-state index contributed by atoms with van der Waals surface area (Å²) in [4.78, 5) is 12.3. The van der Waals surface area contributed by atoms with Crippen molar-refractivity contribution >= 4 is 21.6 Å². The summed E-state index contributed by atoms with van der Waals surface area (Å²) in [6.45, 7) is 1.85. The van der Waals surface area contributed by atoms with Crippen molar-refractivity contribution in [3.05, 3.63) is 42.7 Å². The molecule has 0 spiro atoms. The Hall–Kier alpha value is -2.19. The molecule has 0 saturated carbocycles. The van der Waals surface area contributed by atoms with E-state index in [1.54, 1.807) is 39.4 Å². The lowest BCUT2D eigenvalue weighted by Crippen LogP contribution is -2.31. The fourth-order valence-electron chi connectivity index (χ4n) is 3.20. The van der Waals surface area contributed by atoms with E-state index in [0.29, 0.717) is 38.2 Å². The van der Waals surface area contributed by atoms with Crippen LogP contribution in [0.3, 0.4) is 0 Å². The molecule has 1 aromatic carbocycles. The van der Waals surface area contributed by atoms with Crippen molar-refractivity contribution in [2.75, 3.05) is 18.4 Å². The lowest BCUT2D eigenvalue weighted by Gasteiger charge is -2.20. The number of aromatic nitrogens is 2. The molecule has 1 fully saturated rings. The van der Waals surface area contributed by atoms with Gasteiger partial charge in [-0.25, -0.2) is 8.42 Å². The number of hydrogen-bond donors (Lipinski definition) is 1. The minimum absolute atomic E-state index is 0.0923. The topological polar surface area (TPSA) is 84.3 Å². The van der Waals surface area contributed by atoms with Gasteiger partial charge in [0, 0.05) is 44.1 Å². The summed E-state index contributed by atoms with van der Waals surface area (Å²) >= 11 is 0. The molecule has 1 saturated heterocycles. The fourth-order valence-corrected chi connectivity index (χ4v) is 4.72. The first-order valence-electron chi connectivity index (χ1n) is 9.43. The predicted octanol–water partition coefficient (Wildman–Crippen LogP) is 2.87. The first-order chi connectivity index (χ1) is 13.1. The molecule has 1 aliphatic rings. The van der Waals surface area contributed by atoms with Gasteiger partial charge in [-0.15, -0.1) is 0 Å². The largest absolute Gasteiger partial charge is 0.326 e. The van der Waals surface area contributed by atoms with Crippen LogP contribution in [0.15, 0.2) is 47.6 Å².